The maximum absolute atomic E-state index is 3.26. The average Bonchev–Trinajstić information content (AvgIpc) is 2.52. The van der Waals surface area contributed by atoms with E-state index in [1.807, 2.05) is 72.9 Å². The second-order valence-electron chi connectivity index (χ2n) is 6.42. The van der Waals surface area contributed by atoms with Crippen LogP contribution in [0.2, 0.25) is 0 Å². The van der Waals surface area contributed by atoms with Gasteiger partial charge in [-0.15, -0.1) is 0 Å². The molecule has 0 aromatic rings. The van der Waals surface area contributed by atoms with E-state index >= 15 is 0 Å². The molecule has 0 saturated carbocycles. The van der Waals surface area contributed by atoms with Crippen LogP contribution in [0, 0.1) is 47.4 Å². The van der Waals surface area contributed by atoms with Gasteiger partial charge in [0.05, 0.1) is 22.3 Å². The molecule has 0 aromatic heterocycles. The lowest BCUT2D eigenvalue weighted by atomic mass is 9.80. The largest absolute Gasteiger partial charge is 0.0616 e. The molecular weight excluding hydrogens is 336 g/mol. The van der Waals surface area contributed by atoms with Crippen molar-refractivity contribution in [1.29, 1.82) is 0 Å². The molecule has 0 heteroatoms. The van der Waals surface area contributed by atoms with Crippen LogP contribution >= 0.6 is 0 Å². The third-order valence-electron chi connectivity index (χ3n) is 4.53. The van der Waals surface area contributed by atoms with Crippen molar-refractivity contribution in [3.63, 3.8) is 0 Å². The lowest BCUT2D eigenvalue weighted by molar-refractivity contribution is 1.37. The van der Waals surface area contributed by atoms with Crippen molar-refractivity contribution >= 4 is 0 Å². The molecule has 0 spiro atoms. The number of allylic oxidation sites excluding steroid dienone is 20. The lowest BCUT2D eigenvalue weighted by Crippen LogP contribution is -2.09. The Bertz CT molecular complexity index is 1150. The molecule has 0 atom stereocenters. The molecule has 0 heterocycles. The highest BCUT2D eigenvalue weighted by Gasteiger charge is 2.25. The van der Waals surface area contributed by atoms with E-state index in [9.17, 15) is 0 Å². The van der Waals surface area contributed by atoms with Gasteiger partial charge in [-0.25, -0.2) is 0 Å². The molecule has 0 aliphatic heterocycles. The third-order valence-corrected chi connectivity index (χ3v) is 4.53. The van der Waals surface area contributed by atoms with Crippen molar-refractivity contribution in [3.8, 4) is 47.4 Å². The first-order valence-electron chi connectivity index (χ1n) is 8.98. The van der Waals surface area contributed by atoms with Crippen molar-refractivity contribution < 1.29 is 0 Å². The highest BCUT2D eigenvalue weighted by Crippen LogP contribution is 2.35. The first-order chi connectivity index (χ1) is 13.9. The fraction of sp³-hybridized carbons (Fsp3) is 0. The molecule has 0 N–H and O–H groups in total. The summed E-state index contributed by atoms with van der Waals surface area (Å²) in [5, 5.41) is 0. The number of rotatable bonds is 0. The summed E-state index contributed by atoms with van der Waals surface area (Å²) >= 11 is 0. The predicted octanol–water partition coefficient (Wildman–Crippen LogP) is 4.59. The summed E-state index contributed by atoms with van der Waals surface area (Å²) in [6.07, 6.45) is 23.9. The molecule has 0 unspecified atom stereocenters. The Morgan fingerprint density at radius 2 is 0.536 bits per heavy atom. The van der Waals surface area contributed by atoms with E-state index < -0.39 is 0 Å². The molecule has 5 rings (SSSR count). The normalized spacial score (nSPS) is 18.3. The summed E-state index contributed by atoms with van der Waals surface area (Å²) in [4.78, 5) is 0. The Hall–Kier alpha value is -4.36. The van der Waals surface area contributed by atoms with Gasteiger partial charge in [0.15, 0.2) is 0 Å². The van der Waals surface area contributed by atoms with Gasteiger partial charge < -0.3 is 0 Å². The molecule has 0 fully saturated rings. The summed E-state index contributed by atoms with van der Waals surface area (Å²) < 4.78 is 0. The second-order valence-corrected chi connectivity index (χ2v) is 6.42. The van der Waals surface area contributed by atoms with Gasteiger partial charge in [-0.1, -0.05) is 71.7 Å². The maximum atomic E-state index is 3.26. The van der Waals surface area contributed by atoms with E-state index in [1.54, 1.807) is 0 Å². The van der Waals surface area contributed by atoms with Crippen molar-refractivity contribution in [2.24, 2.45) is 0 Å². The van der Waals surface area contributed by atoms with E-state index in [4.69, 9.17) is 0 Å². The fourth-order valence-corrected chi connectivity index (χ4v) is 2.58. The van der Waals surface area contributed by atoms with Crippen LogP contribution in [0.4, 0.5) is 0 Å². The molecule has 0 bridgehead atoms. The van der Waals surface area contributed by atoms with Crippen LogP contribution in [0.5, 0.6) is 0 Å². The maximum Gasteiger partial charge on any atom is 0.0588 e. The van der Waals surface area contributed by atoms with Crippen LogP contribution in [0.1, 0.15) is 0 Å². The van der Waals surface area contributed by atoms with Gasteiger partial charge in [-0.3, -0.25) is 0 Å². The Balaban J connectivity index is 1.54. The number of hydrogen-bond acceptors (Lipinski definition) is 0. The van der Waals surface area contributed by atoms with Gasteiger partial charge in [0, 0.05) is 22.3 Å². The van der Waals surface area contributed by atoms with E-state index in [0.29, 0.717) is 0 Å². The van der Waals surface area contributed by atoms with Crippen LogP contribution in [0.25, 0.3) is 0 Å². The Morgan fingerprint density at radius 3 is 0.679 bits per heavy atom. The predicted molar refractivity (Wildman–Crippen MR) is 114 cm³/mol. The third kappa shape index (κ3) is 2.98. The molecule has 0 nitrogen and oxygen atoms in total. The van der Waals surface area contributed by atoms with Gasteiger partial charge >= 0.3 is 0 Å². The molecule has 0 radical (unpaired) electrons. The zero-order valence-corrected chi connectivity index (χ0v) is 14.9. The minimum absolute atomic E-state index is 0.886. The fourth-order valence-electron chi connectivity index (χ4n) is 2.58. The SMILES string of the molecule is C(#CC1=C(C#CC2=CC=C2)C(C#CC2=CC=C2)=C1C#CC1=CC=C1)C1=CC=C1. The molecule has 5 aliphatic carbocycles. The standard InChI is InChI=1S/C28H12/c1-5-21(6-1)13-17-25-26(18-14-22-7-2-8-22)28(20-16-24-11-4-12-24)27(25)19-15-23-9-3-10-23/h1-12H. The zero-order valence-electron chi connectivity index (χ0n) is 14.9. The van der Waals surface area contributed by atoms with E-state index in [0.717, 1.165) is 44.6 Å². The second kappa shape index (κ2) is 6.75. The summed E-state index contributed by atoms with van der Waals surface area (Å²) in [5.41, 5.74) is 7.62. The van der Waals surface area contributed by atoms with Crippen molar-refractivity contribution in [2.75, 3.05) is 0 Å². The molecule has 0 aromatic carbocycles. The quantitative estimate of drug-likeness (QED) is 0.562. The van der Waals surface area contributed by atoms with Crippen LogP contribution in [0.3, 0.4) is 0 Å². The highest BCUT2D eigenvalue weighted by molar-refractivity contribution is 5.83. The molecule has 5 aliphatic rings. The summed E-state index contributed by atoms with van der Waals surface area (Å²) in [7, 11) is 0. The lowest BCUT2D eigenvalue weighted by Gasteiger charge is -2.18. The molecule has 124 valence electrons. The minimum Gasteiger partial charge on any atom is -0.0616 e. The van der Waals surface area contributed by atoms with Gasteiger partial charge in [-0.2, -0.15) is 0 Å². The van der Waals surface area contributed by atoms with E-state index in [-0.39, 0.29) is 0 Å². The topological polar surface area (TPSA) is 0 Å². The average molecular weight is 348 g/mol. The molecule has 0 saturated heterocycles. The van der Waals surface area contributed by atoms with Gasteiger partial charge in [-0.05, 0) is 48.6 Å². The highest BCUT2D eigenvalue weighted by atomic mass is 14.2. The number of hydrogen-bond donors (Lipinski definition) is 0. The van der Waals surface area contributed by atoms with Crippen molar-refractivity contribution in [1.82, 2.24) is 0 Å². The van der Waals surface area contributed by atoms with Crippen LogP contribution < -0.4 is 0 Å². The van der Waals surface area contributed by atoms with E-state index in [2.05, 4.69) is 47.4 Å². The van der Waals surface area contributed by atoms with E-state index in [1.165, 1.54) is 0 Å². The summed E-state index contributed by atoms with van der Waals surface area (Å²) in [6, 6.07) is 0. The van der Waals surface area contributed by atoms with Crippen LogP contribution in [0.15, 0.2) is 117 Å². The minimum atomic E-state index is 0.886. The van der Waals surface area contributed by atoms with Crippen LogP contribution in [-0.2, 0) is 0 Å². The van der Waals surface area contributed by atoms with Gasteiger partial charge in [0.25, 0.3) is 0 Å². The van der Waals surface area contributed by atoms with Gasteiger partial charge in [0.1, 0.15) is 0 Å². The Morgan fingerprint density at radius 1 is 0.321 bits per heavy atom. The molecular formula is C28H12. The first-order valence-corrected chi connectivity index (χ1v) is 8.98. The van der Waals surface area contributed by atoms with Gasteiger partial charge in [0.2, 0.25) is 0 Å². The Labute approximate surface area is 165 Å². The molecule has 28 heavy (non-hydrogen) atoms. The first kappa shape index (κ1) is 15.9. The summed E-state index contributed by atoms with van der Waals surface area (Å²) in [5.74, 6) is 25.8. The summed E-state index contributed by atoms with van der Waals surface area (Å²) in [6.45, 7) is 0. The zero-order chi connectivity index (χ0) is 18.8. The molecule has 0 amide bonds. The van der Waals surface area contributed by atoms with Crippen molar-refractivity contribution in [2.45, 2.75) is 0 Å². The smallest absolute Gasteiger partial charge is 0.0588 e. The Kier molecular flexibility index (Phi) is 3.82. The van der Waals surface area contributed by atoms with Crippen LogP contribution in [-0.4, -0.2) is 0 Å². The monoisotopic (exact) mass is 348 g/mol. The van der Waals surface area contributed by atoms with Crippen molar-refractivity contribution in [3.05, 3.63) is 117 Å².